The normalized spacial score (nSPS) is 13.7. The lowest BCUT2D eigenvalue weighted by molar-refractivity contribution is 0.783. The summed E-state index contributed by atoms with van der Waals surface area (Å²) in [6.07, 6.45) is 2.35. The van der Waals surface area contributed by atoms with Gasteiger partial charge in [0, 0.05) is 18.0 Å². The molecule has 2 N–H and O–H groups in total. The Morgan fingerprint density at radius 2 is 2.26 bits per heavy atom. The average Bonchev–Trinajstić information content (AvgIpc) is 2.39. The second kappa shape index (κ2) is 5.05. The van der Waals surface area contributed by atoms with Crippen molar-refractivity contribution in [1.82, 2.24) is 9.97 Å². The van der Waals surface area contributed by atoms with Gasteiger partial charge >= 0.3 is 0 Å². The molecule has 0 atom stereocenters. The van der Waals surface area contributed by atoms with Gasteiger partial charge in [-0.3, -0.25) is 4.79 Å². The van der Waals surface area contributed by atoms with E-state index in [9.17, 15) is 4.79 Å². The first-order valence-corrected chi connectivity index (χ1v) is 6.70. The zero-order valence-corrected chi connectivity index (χ0v) is 11.1. The lowest BCUT2D eigenvalue weighted by atomic mass is 10.1. The molecular formula is C14H14ClN3O. The lowest BCUT2D eigenvalue weighted by Gasteiger charge is -2.16. The van der Waals surface area contributed by atoms with Crippen LogP contribution >= 0.6 is 11.6 Å². The third-order valence-electron chi connectivity index (χ3n) is 3.22. The summed E-state index contributed by atoms with van der Waals surface area (Å²) in [5.74, 6) is 1.40. The maximum absolute atomic E-state index is 12.0. The third kappa shape index (κ3) is 2.63. The van der Waals surface area contributed by atoms with E-state index in [2.05, 4.69) is 15.3 Å². The molecule has 0 fully saturated rings. The number of aromatic nitrogens is 2. The van der Waals surface area contributed by atoms with Crippen molar-refractivity contribution in [1.29, 1.82) is 0 Å². The molecule has 4 nitrogen and oxygen atoms in total. The highest BCUT2D eigenvalue weighted by Gasteiger charge is 2.15. The molecule has 1 aromatic heterocycles. The summed E-state index contributed by atoms with van der Waals surface area (Å²) in [5.41, 5.74) is 1.77. The highest BCUT2D eigenvalue weighted by molar-refractivity contribution is 6.30. The van der Waals surface area contributed by atoms with Gasteiger partial charge in [-0.25, -0.2) is 4.98 Å². The SMILES string of the molecule is O=c1[nH]c(Cc2cccc(Cl)c2)nc2c1CCCN2. The van der Waals surface area contributed by atoms with Crippen molar-refractivity contribution >= 4 is 17.4 Å². The number of benzene rings is 1. The van der Waals surface area contributed by atoms with E-state index in [1.165, 1.54) is 0 Å². The van der Waals surface area contributed by atoms with Crippen LogP contribution in [0.5, 0.6) is 0 Å². The van der Waals surface area contributed by atoms with Crippen LogP contribution in [0.4, 0.5) is 5.82 Å². The number of aromatic amines is 1. The Balaban J connectivity index is 1.94. The van der Waals surface area contributed by atoms with Crippen molar-refractivity contribution in [2.75, 3.05) is 11.9 Å². The first-order chi connectivity index (χ1) is 9.22. The van der Waals surface area contributed by atoms with E-state index in [0.29, 0.717) is 17.3 Å². The minimum atomic E-state index is -0.0331. The molecule has 0 aliphatic carbocycles. The Morgan fingerprint density at radius 3 is 3.11 bits per heavy atom. The van der Waals surface area contributed by atoms with Gasteiger partial charge in [-0.1, -0.05) is 23.7 Å². The van der Waals surface area contributed by atoms with Gasteiger partial charge < -0.3 is 10.3 Å². The van der Waals surface area contributed by atoms with E-state index in [-0.39, 0.29) is 5.56 Å². The first kappa shape index (κ1) is 12.2. The lowest BCUT2D eigenvalue weighted by Crippen LogP contribution is -2.25. The summed E-state index contributed by atoms with van der Waals surface area (Å²) in [6.45, 7) is 0.875. The molecular weight excluding hydrogens is 262 g/mol. The van der Waals surface area contributed by atoms with E-state index in [1.54, 1.807) is 0 Å². The molecule has 0 saturated carbocycles. The van der Waals surface area contributed by atoms with E-state index < -0.39 is 0 Å². The monoisotopic (exact) mass is 275 g/mol. The number of rotatable bonds is 2. The number of nitrogens with one attached hydrogen (secondary N) is 2. The van der Waals surface area contributed by atoms with Crippen LogP contribution in [0.2, 0.25) is 5.02 Å². The second-order valence-electron chi connectivity index (χ2n) is 4.68. The molecule has 1 aliphatic rings. The van der Waals surface area contributed by atoms with E-state index in [4.69, 9.17) is 11.6 Å². The smallest absolute Gasteiger partial charge is 0.256 e. The average molecular weight is 276 g/mol. The molecule has 3 rings (SSSR count). The van der Waals surface area contributed by atoms with Gasteiger partial charge in [0.25, 0.3) is 5.56 Å². The fourth-order valence-corrected chi connectivity index (χ4v) is 2.53. The summed E-state index contributed by atoms with van der Waals surface area (Å²) < 4.78 is 0. The molecule has 5 heteroatoms. The first-order valence-electron chi connectivity index (χ1n) is 6.33. The highest BCUT2D eigenvalue weighted by Crippen LogP contribution is 2.17. The van der Waals surface area contributed by atoms with Crippen LogP contribution in [0.1, 0.15) is 23.4 Å². The minimum Gasteiger partial charge on any atom is -0.370 e. The fourth-order valence-electron chi connectivity index (χ4n) is 2.32. The van der Waals surface area contributed by atoms with Crippen LogP contribution in [-0.2, 0) is 12.8 Å². The minimum absolute atomic E-state index is 0.0331. The standard InChI is InChI=1S/C14H14ClN3O/c15-10-4-1-3-9(7-10)8-12-17-13-11(14(19)18-12)5-2-6-16-13/h1,3-4,7H,2,5-6,8H2,(H2,16,17,18,19). The molecule has 19 heavy (non-hydrogen) atoms. The molecule has 0 saturated heterocycles. The van der Waals surface area contributed by atoms with E-state index in [1.807, 2.05) is 24.3 Å². The molecule has 0 amide bonds. The van der Waals surface area contributed by atoms with Gasteiger partial charge in [0.15, 0.2) is 0 Å². The van der Waals surface area contributed by atoms with Crippen molar-refractivity contribution in [2.24, 2.45) is 0 Å². The van der Waals surface area contributed by atoms with Gasteiger partial charge in [-0.2, -0.15) is 0 Å². The Hall–Kier alpha value is -1.81. The number of anilines is 1. The Kier molecular flexibility index (Phi) is 3.25. The zero-order valence-electron chi connectivity index (χ0n) is 10.4. The van der Waals surface area contributed by atoms with Crippen LogP contribution in [0, 0.1) is 0 Å². The van der Waals surface area contributed by atoms with E-state index >= 15 is 0 Å². The second-order valence-corrected chi connectivity index (χ2v) is 5.11. The number of nitrogens with zero attached hydrogens (tertiary/aromatic N) is 1. The van der Waals surface area contributed by atoms with Gasteiger partial charge in [0.05, 0.1) is 5.56 Å². The Bertz CT molecular complexity index is 666. The number of hydrogen-bond donors (Lipinski definition) is 2. The van der Waals surface area contributed by atoms with Crippen LogP contribution in [0.15, 0.2) is 29.1 Å². The third-order valence-corrected chi connectivity index (χ3v) is 3.46. The molecule has 0 bridgehead atoms. The predicted octanol–water partition coefficient (Wildman–Crippen LogP) is 2.37. The summed E-state index contributed by atoms with van der Waals surface area (Å²) in [4.78, 5) is 19.3. The summed E-state index contributed by atoms with van der Waals surface area (Å²) in [5, 5.41) is 3.87. The largest absolute Gasteiger partial charge is 0.370 e. The molecule has 2 heterocycles. The topological polar surface area (TPSA) is 57.8 Å². The summed E-state index contributed by atoms with van der Waals surface area (Å²) >= 11 is 5.95. The molecule has 0 unspecified atom stereocenters. The van der Waals surface area contributed by atoms with Crippen molar-refractivity contribution in [3.8, 4) is 0 Å². The molecule has 0 radical (unpaired) electrons. The number of halogens is 1. The predicted molar refractivity (Wildman–Crippen MR) is 75.9 cm³/mol. The van der Waals surface area contributed by atoms with Gasteiger partial charge in [0.1, 0.15) is 11.6 Å². The fraction of sp³-hybridized carbons (Fsp3) is 0.286. The maximum atomic E-state index is 12.0. The molecule has 0 spiro atoms. The highest BCUT2D eigenvalue weighted by atomic mass is 35.5. The number of hydrogen-bond acceptors (Lipinski definition) is 3. The van der Waals surface area contributed by atoms with Crippen LogP contribution in [0.25, 0.3) is 0 Å². The van der Waals surface area contributed by atoms with Crippen LogP contribution in [0.3, 0.4) is 0 Å². The quantitative estimate of drug-likeness (QED) is 0.885. The number of H-pyrrole nitrogens is 1. The molecule has 1 aromatic carbocycles. The summed E-state index contributed by atoms with van der Waals surface area (Å²) in [7, 11) is 0. The van der Waals surface area contributed by atoms with Crippen molar-refractivity contribution in [3.05, 3.63) is 56.6 Å². The summed E-state index contributed by atoms with van der Waals surface area (Å²) in [6, 6.07) is 7.58. The van der Waals surface area contributed by atoms with Gasteiger partial charge in [-0.15, -0.1) is 0 Å². The molecule has 1 aliphatic heterocycles. The number of fused-ring (bicyclic) bond motifs is 1. The van der Waals surface area contributed by atoms with Crippen LogP contribution in [-0.4, -0.2) is 16.5 Å². The van der Waals surface area contributed by atoms with Crippen molar-refractivity contribution in [2.45, 2.75) is 19.3 Å². The zero-order chi connectivity index (χ0) is 13.2. The van der Waals surface area contributed by atoms with Crippen molar-refractivity contribution < 1.29 is 0 Å². The van der Waals surface area contributed by atoms with Crippen molar-refractivity contribution in [3.63, 3.8) is 0 Å². The Labute approximate surface area is 115 Å². The molecule has 2 aromatic rings. The Morgan fingerprint density at radius 1 is 1.37 bits per heavy atom. The maximum Gasteiger partial charge on any atom is 0.256 e. The molecule has 98 valence electrons. The van der Waals surface area contributed by atoms with Crippen LogP contribution < -0.4 is 10.9 Å². The van der Waals surface area contributed by atoms with Gasteiger partial charge in [-0.05, 0) is 30.5 Å². The van der Waals surface area contributed by atoms with Gasteiger partial charge in [0.2, 0.25) is 0 Å². The van der Waals surface area contributed by atoms with E-state index in [0.717, 1.165) is 36.3 Å².